The van der Waals surface area contributed by atoms with E-state index in [1.165, 1.54) is 39.0 Å². The van der Waals surface area contributed by atoms with Crippen LogP contribution in [0.5, 0.6) is 11.5 Å². The molecule has 0 saturated heterocycles. The third-order valence-corrected chi connectivity index (χ3v) is 7.41. The summed E-state index contributed by atoms with van der Waals surface area (Å²) in [4.78, 5) is 8.50. The van der Waals surface area contributed by atoms with E-state index < -0.39 is 21.4 Å². The molecule has 0 spiro atoms. The number of nitrogens with one attached hydrogen (secondary N) is 2. The number of sulfonamides is 1. The van der Waals surface area contributed by atoms with Gasteiger partial charge in [0.25, 0.3) is 0 Å². The van der Waals surface area contributed by atoms with E-state index in [1.807, 2.05) is 6.92 Å². The monoisotopic (exact) mass is 528 g/mol. The fourth-order valence-corrected chi connectivity index (χ4v) is 4.95. The van der Waals surface area contributed by atoms with Gasteiger partial charge in [-0.3, -0.25) is 24.4 Å². The lowest BCUT2D eigenvalue weighted by atomic mass is 10.2. The number of aromatic amines is 1. The Morgan fingerprint density at radius 3 is 2.27 bits per heavy atom. The summed E-state index contributed by atoms with van der Waals surface area (Å²) >= 11 is 0. The zero-order valence-electron chi connectivity index (χ0n) is 21.3. The molecular formula is C23H28N8O5S. The van der Waals surface area contributed by atoms with E-state index in [1.54, 1.807) is 37.4 Å². The molecule has 2 N–H and O–H groups in total. The van der Waals surface area contributed by atoms with E-state index in [0.717, 1.165) is 5.69 Å². The summed E-state index contributed by atoms with van der Waals surface area (Å²) in [6.45, 7) is 5.14. The lowest BCUT2D eigenvalue weighted by molar-refractivity contribution is 0.0985. The number of hydrogen-bond donors (Lipinski definition) is 2. The Bertz CT molecular complexity index is 1460. The molecule has 3 heterocycles. The lowest BCUT2D eigenvalue weighted by Gasteiger charge is -2.23. The molecule has 0 radical (unpaired) electrons. The van der Waals surface area contributed by atoms with E-state index in [0.29, 0.717) is 34.3 Å². The van der Waals surface area contributed by atoms with Gasteiger partial charge in [-0.05, 0) is 39.0 Å². The van der Waals surface area contributed by atoms with Crippen molar-refractivity contribution in [2.45, 2.75) is 32.1 Å². The molecule has 2 atom stereocenters. The number of aryl methyl sites for hydroxylation is 2. The maximum atomic E-state index is 13.6. The number of aromatic nitrogens is 7. The van der Waals surface area contributed by atoms with E-state index in [-0.39, 0.29) is 11.8 Å². The number of nitrogens with zero attached hydrogens (tertiary/aromatic N) is 6. The van der Waals surface area contributed by atoms with Crippen molar-refractivity contribution in [2.75, 3.05) is 26.1 Å². The van der Waals surface area contributed by atoms with Crippen molar-refractivity contribution in [1.29, 1.82) is 0 Å². The molecule has 0 aliphatic heterocycles. The van der Waals surface area contributed by atoms with Gasteiger partial charge in [0.1, 0.15) is 34.2 Å². The molecule has 0 bridgehead atoms. The highest BCUT2D eigenvalue weighted by atomic mass is 32.2. The van der Waals surface area contributed by atoms with Gasteiger partial charge in [0.15, 0.2) is 5.82 Å². The maximum absolute atomic E-state index is 13.6. The van der Waals surface area contributed by atoms with Crippen LogP contribution in [0.25, 0.3) is 17.2 Å². The minimum absolute atomic E-state index is 0.0878. The lowest BCUT2D eigenvalue weighted by Crippen LogP contribution is -2.33. The molecule has 0 aliphatic carbocycles. The molecule has 13 nitrogen and oxygen atoms in total. The van der Waals surface area contributed by atoms with Crippen LogP contribution in [0.1, 0.15) is 30.1 Å². The highest BCUT2D eigenvalue weighted by Crippen LogP contribution is 2.38. The van der Waals surface area contributed by atoms with Crippen molar-refractivity contribution in [3.8, 4) is 28.7 Å². The number of anilines is 1. The molecule has 0 unspecified atom stereocenters. The Labute approximate surface area is 214 Å². The second kappa shape index (κ2) is 10.5. The summed E-state index contributed by atoms with van der Waals surface area (Å²) in [5, 5.41) is 14.5. The van der Waals surface area contributed by atoms with Gasteiger partial charge >= 0.3 is 0 Å². The predicted molar refractivity (Wildman–Crippen MR) is 135 cm³/mol. The van der Waals surface area contributed by atoms with Crippen LogP contribution in [0.15, 0.2) is 36.7 Å². The van der Waals surface area contributed by atoms with Crippen molar-refractivity contribution >= 4 is 16.0 Å². The van der Waals surface area contributed by atoms with Crippen LogP contribution in [0.4, 0.5) is 5.95 Å². The quantitative estimate of drug-likeness (QED) is 0.313. The smallest absolute Gasteiger partial charge is 0.243 e. The molecule has 0 aliphatic rings. The Kier molecular flexibility index (Phi) is 7.40. The van der Waals surface area contributed by atoms with Crippen LogP contribution in [-0.2, 0) is 14.8 Å². The molecule has 37 heavy (non-hydrogen) atoms. The van der Waals surface area contributed by atoms with Crippen LogP contribution in [0.2, 0.25) is 0 Å². The topological polar surface area (TPSA) is 159 Å². The molecule has 196 valence electrons. The van der Waals surface area contributed by atoms with E-state index in [9.17, 15) is 8.42 Å². The Hall–Kier alpha value is -4.04. The van der Waals surface area contributed by atoms with Gasteiger partial charge in [-0.15, -0.1) is 10.2 Å². The number of rotatable bonds is 10. The Balaban J connectivity index is 1.82. The van der Waals surface area contributed by atoms with Crippen molar-refractivity contribution in [3.63, 3.8) is 0 Å². The van der Waals surface area contributed by atoms with Crippen LogP contribution in [-0.4, -0.2) is 69.9 Å². The summed E-state index contributed by atoms with van der Waals surface area (Å²) in [5.41, 5.74) is 2.71. The zero-order valence-corrected chi connectivity index (χ0v) is 22.1. The summed E-state index contributed by atoms with van der Waals surface area (Å²) in [5.74, 6) is 0.997. The maximum Gasteiger partial charge on any atom is 0.243 e. The zero-order chi connectivity index (χ0) is 26.7. The van der Waals surface area contributed by atoms with E-state index in [2.05, 4.69) is 35.1 Å². The second-order valence-electron chi connectivity index (χ2n) is 8.22. The van der Waals surface area contributed by atoms with Gasteiger partial charge in [-0.2, -0.15) is 5.10 Å². The molecular weight excluding hydrogens is 500 g/mol. The second-order valence-corrected chi connectivity index (χ2v) is 10.3. The Morgan fingerprint density at radius 2 is 1.73 bits per heavy atom. The van der Waals surface area contributed by atoms with Crippen LogP contribution in [0, 0.1) is 13.8 Å². The minimum Gasteiger partial charge on any atom is -0.494 e. The normalized spacial score (nSPS) is 13.2. The highest BCUT2D eigenvalue weighted by molar-refractivity contribution is 7.93. The summed E-state index contributed by atoms with van der Waals surface area (Å²) < 4.78 is 47.9. The van der Waals surface area contributed by atoms with Crippen LogP contribution in [0.3, 0.4) is 0 Å². The number of benzene rings is 1. The standard InChI is InChI=1S/C23H28N8O5S/c1-13-10-16(27-26-13)22-28-29-23(31(22)20-18(34-4)8-7-9-19(20)35-5)30-37(32,33)15(3)21(36-6)17-12-24-14(2)11-25-17/h7-12,15,21H,1-6H3,(H,26,27)(H,29,30)/t15-,21-/m0/s1. The van der Waals surface area contributed by atoms with E-state index >= 15 is 0 Å². The first kappa shape index (κ1) is 26.0. The fraction of sp³-hybridized carbons (Fsp3) is 0.348. The summed E-state index contributed by atoms with van der Waals surface area (Å²) in [7, 11) is 0.320. The van der Waals surface area contributed by atoms with Gasteiger partial charge < -0.3 is 14.2 Å². The van der Waals surface area contributed by atoms with E-state index in [4.69, 9.17) is 14.2 Å². The molecule has 0 fully saturated rings. The molecule has 14 heteroatoms. The average Bonchev–Trinajstić information content (AvgIpc) is 3.50. The fourth-order valence-electron chi connectivity index (χ4n) is 3.80. The predicted octanol–water partition coefficient (Wildman–Crippen LogP) is 2.60. The van der Waals surface area contributed by atoms with Crippen molar-refractivity contribution in [2.24, 2.45) is 0 Å². The average molecular weight is 529 g/mol. The first-order valence-corrected chi connectivity index (χ1v) is 12.8. The number of hydrogen-bond acceptors (Lipinski definition) is 10. The Morgan fingerprint density at radius 1 is 1.03 bits per heavy atom. The minimum atomic E-state index is -4.09. The van der Waals surface area contributed by atoms with Gasteiger partial charge in [0.05, 0.1) is 31.8 Å². The first-order chi connectivity index (χ1) is 17.7. The van der Waals surface area contributed by atoms with Crippen molar-refractivity contribution in [1.82, 2.24) is 34.9 Å². The van der Waals surface area contributed by atoms with Gasteiger partial charge in [-0.1, -0.05) is 6.07 Å². The van der Waals surface area contributed by atoms with Gasteiger partial charge in [-0.25, -0.2) is 8.42 Å². The van der Waals surface area contributed by atoms with Crippen LogP contribution < -0.4 is 14.2 Å². The number of para-hydroxylation sites is 1. The largest absolute Gasteiger partial charge is 0.494 e. The molecule has 0 amide bonds. The third-order valence-electron chi connectivity index (χ3n) is 5.72. The highest BCUT2D eigenvalue weighted by Gasteiger charge is 2.34. The first-order valence-electron chi connectivity index (χ1n) is 11.2. The summed E-state index contributed by atoms with van der Waals surface area (Å²) in [6.07, 6.45) is 2.16. The van der Waals surface area contributed by atoms with Gasteiger partial charge in [0.2, 0.25) is 16.0 Å². The molecule has 3 aromatic heterocycles. The molecule has 0 saturated carbocycles. The SMILES string of the molecule is COc1cccc(OC)c1-n1c(NS(=O)(=O)[C@@H](C)[C@H](OC)c2cnc(C)cn2)nnc1-c1cc(C)[nH]n1. The van der Waals surface area contributed by atoms with Crippen molar-refractivity contribution < 1.29 is 22.6 Å². The number of H-pyrrole nitrogens is 1. The summed E-state index contributed by atoms with van der Waals surface area (Å²) in [6, 6.07) is 6.95. The van der Waals surface area contributed by atoms with Crippen LogP contribution >= 0.6 is 0 Å². The van der Waals surface area contributed by atoms with Crippen molar-refractivity contribution in [3.05, 3.63) is 53.7 Å². The number of methoxy groups -OCH3 is 3. The molecule has 1 aromatic carbocycles. The number of ether oxygens (including phenoxy) is 3. The van der Waals surface area contributed by atoms with Gasteiger partial charge in [0, 0.05) is 19.0 Å². The molecule has 4 aromatic rings. The molecule has 4 rings (SSSR count). The third kappa shape index (κ3) is 5.11.